The van der Waals surface area contributed by atoms with Gasteiger partial charge in [0, 0.05) is 11.3 Å². The summed E-state index contributed by atoms with van der Waals surface area (Å²) < 4.78 is 28.6. The number of aromatic nitrogens is 1. The Balaban J connectivity index is 1.52. The first-order chi connectivity index (χ1) is 14.9. The predicted octanol–water partition coefficient (Wildman–Crippen LogP) is 4.38. The molecule has 2 aromatic carbocycles. The average molecular weight is 456 g/mol. The molecule has 6 nitrogen and oxygen atoms in total. The highest BCUT2D eigenvalue weighted by atomic mass is 32.2. The quantitative estimate of drug-likeness (QED) is 0.553. The Bertz CT molecular complexity index is 1130. The maximum atomic E-state index is 12.9. The summed E-state index contributed by atoms with van der Waals surface area (Å²) >= 11 is 1.52. The highest BCUT2D eigenvalue weighted by Gasteiger charge is 2.24. The van der Waals surface area contributed by atoms with Crippen molar-refractivity contribution in [1.82, 2.24) is 9.71 Å². The summed E-state index contributed by atoms with van der Waals surface area (Å²) in [7, 11) is -3.79. The third kappa shape index (κ3) is 5.39. The first-order valence-corrected chi connectivity index (χ1v) is 12.6. The van der Waals surface area contributed by atoms with Crippen LogP contribution in [0.2, 0.25) is 0 Å². The monoisotopic (exact) mass is 455 g/mol. The predicted molar refractivity (Wildman–Crippen MR) is 123 cm³/mol. The molecule has 1 aliphatic carbocycles. The number of sulfonamides is 1. The zero-order valence-electron chi connectivity index (χ0n) is 17.3. The normalized spacial score (nSPS) is 14.6. The van der Waals surface area contributed by atoms with E-state index in [2.05, 4.69) is 15.0 Å². The summed E-state index contributed by atoms with van der Waals surface area (Å²) in [5.41, 5.74) is 2.78. The molecule has 0 bridgehead atoms. The van der Waals surface area contributed by atoms with Gasteiger partial charge in [-0.2, -0.15) is 0 Å². The van der Waals surface area contributed by atoms with E-state index in [1.54, 1.807) is 24.3 Å². The highest BCUT2D eigenvalue weighted by Crippen LogP contribution is 2.30. The Morgan fingerprint density at radius 2 is 1.77 bits per heavy atom. The molecule has 0 saturated carbocycles. The molecule has 0 aliphatic heterocycles. The number of hydrogen-bond donors (Lipinski definition) is 2. The Morgan fingerprint density at radius 3 is 2.48 bits per heavy atom. The maximum Gasteiger partial charge on any atom is 0.241 e. The summed E-state index contributed by atoms with van der Waals surface area (Å²) in [6.07, 6.45) is 4.20. The number of hydrogen-bond acceptors (Lipinski definition) is 5. The van der Waals surface area contributed by atoms with Gasteiger partial charge in [0.25, 0.3) is 0 Å². The molecule has 1 aromatic heterocycles. The number of thiazole rings is 1. The Labute approximate surface area is 186 Å². The zero-order valence-corrected chi connectivity index (χ0v) is 18.9. The number of anilines is 1. The van der Waals surface area contributed by atoms with Gasteiger partial charge >= 0.3 is 0 Å². The molecule has 2 N–H and O–H groups in total. The first-order valence-electron chi connectivity index (χ1n) is 10.3. The van der Waals surface area contributed by atoms with Gasteiger partial charge in [0.2, 0.25) is 15.9 Å². The summed E-state index contributed by atoms with van der Waals surface area (Å²) in [5, 5.41) is 3.45. The van der Waals surface area contributed by atoms with Gasteiger partial charge < -0.3 is 5.32 Å². The Morgan fingerprint density at radius 1 is 1.06 bits per heavy atom. The molecule has 0 unspecified atom stereocenters. The van der Waals surface area contributed by atoms with Crippen molar-refractivity contribution in [3.63, 3.8) is 0 Å². The van der Waals surface area contributed by atoms with E-state index >= 15 is 0 Å². The van der Waals surface area contributed by atoms with E-state index < -0.39 is 16.1 Å². The van der Waals surface area contributed by atoms with Gasteiger partial charge in [-0.25, -0.2) is 18.1 Å². The van der Waals surface area contributed by atoms with E-state index in [0.717, 1.165) is 42.5 Å². The van der Waals surface area contributed by atoms with Crippen LogP contribution in [0, 0.1) is 6.92 Å². The molecule has 0 radical (unpaired) electrons. The van der Waals surface area contributed by atoms with Crippen LogP contribution in [0.25, 0.3) is 0 Å². The minimum atomic E-state index is -3.79. The third-order valence-corrected chi connectivity index (χ3v) is 7.87. The molecule has 162 valence electrons. The van der Waals surface area contributed by atoms with E-state index in [-0.39, 0.29) is 17.2 Å². The van der Waals surface area contributed by atoms with E-state index in [1.165, 1.54) is 16.2 Å². The fourth-order valence-corrected chi connectivity index (χ4v) is 5.94. The lowest BCUT2D eigenvalue weighted by Crippen LogP contribution is -2.31. The van der Waals surface area contributed by atoms with Gasteiger partial charge in [0.1, 0.15) is 0 Å². The standard InChI is InChI=1S/C23H25N3O3S2/c1-16-11-13-18(14-12-16)31(28,29)26-20(17-7-3-2-4-8-17)15-22(27)25-23-24-19-9-5-6-10-21(19)30-23/h2-4,7-8,11-14,20,26H,5-6,9-10,15H2,1H3,(H,24,25,27)/t20-/m0/s1. The van der Waals surface area contributed by atoms with Crippen molar-refractivity contribution in [2.45, 2.75) is 50.0 Å². The zero-order chi connectivity index (χ0) is 21.8. The minimum Gasteiger partial charge on any atom is -0.302 e. The van der Waals surface area contributed by atoms with Crippen molar-refractivity contribution < 1.29 is 13.2 Å². The van der Waals surface area contributed by atoms with Crippen LogP contribution in [-0.4, -0.2) is 19.3 Å². The van der Waals surface area contributed by atoms with Crippen molar-refractivity contribution in [2.24, 2.45) is 0 Å². The second-order valence-corrected chi connectivity index (χ2v) is 10.5. The van der Waals surface area contributed by atoms with Gasteiger partial charge in [0.15, 0.2) is 5.13 Å². The summed E-state index contributed by atoms with van der Waals surface area (Å²) in [6.45, 7) is 1.90. The molecule has 1 atom stereocenters. The van der Waals surface area contributed by atoms with Crippen molar-refractivity contribution in [2.75, 3.05) is 5.32 Å². The van der Waals surface area contributed by atoms with Crippen LogP contribution >= 0.6 is 11.3 Å². The molecule has 0 spiro atoms. The molecule has 1 heterocycles. The van der Waals surface area contributed by atoms with Crippen LogP contribution < -0.4 is 10.0 Å². The van der Waals surface area contributed by atoms with Crippen molar-refractivity contribution in [1.29, 1.82) is 0 Å². The fourth-order valence-electron chi connectivity index (χ4n) is 3.65. The molecular weight excluding hydrogens is 430 g/mol. The lowest BCUT2D eigenvalue weighted by atomic mass is 10.0. The molecule has 3 aromatic rings. The second kappa shape index (κ2) is 9.30. The minimum absolute atomic E-state index is 0.0284. The Hall–Kier alpha value is -2.55. The van der Waals surface area contributed by atoms with Crippen LogP contribution in [0.3, 0.4) is 0 Å². The number of amides is 1. The number of aryl methyl sites for hydroxylation is 3. The van der Waals surface area contributed by atoms with Crippen LogP contribution in [-0.2, 0) is 27.7 Å². The molecule has 31 heavy (non-hydrogen) atoms. The molecule has 0 fully saturated rings. The lowest BCUT2D eigenvalue weighted by molar-refractivity contribution is -0.116. The fraction of sp³-hybridized carbons (Fsp3) is 0.304. The smallest absolute Gasteiger partial charge is 0.241 e. The molecule has 1 amide bonds. The number of benzene rings is 2. The van der Waals surface area contributed by atoms with Gasteiger partial charge in [-0.3, -0.25) is 4.79 Å². The SMILES string of the molecule is Cc1ccc(S(=O)(=O)N[C@@H](CC(=O)Nc2nc3c(s2)CCCC3)c2ccccc2)cc1. The second-order valence-electron chi connectivity index (χ2n) is 7.75. The van der Waals surface area contributed by atoms with Gasteiger partial charge in [-0.1, -0.05) is 48.0 Å². The summed E-state index contributed by atoms with van der Waals surface area (Å²) in [4.78, 5) is 18.8. The van der Waals surface area contributed by atoms with E-state index in [9.17, 15) is 13.2 Å². The van der Waals surface area contributed by atoms with Crippen LogP contribution in [0.1, 0.15) is 47.0 Å². The number of carbonyl (C=O) groups excluding carboxylic acids is 1. The molecule has 1 aliphatic rings. The van der Waals surface area contributed by atoms with Crippen LogP contribution in [0.15, 0.2) is 59.5 Å². The van der Waals surface area contributed by atoms with Crippen LogP contribution in [0.4, 0.5) is 5.13 Å². The third-order valence-electron chi connectivity index (χ3n) is 5.31. The summed E-state index contributed by atoms with van der Waals surface area (Å²) in [6, 6.07) is 15.1. The van der Waals surface area contributed by atoms with Gasteiger partial charge in [-0.05, 0) is 50.3 Å². The Kier molecular flexibility index (Phi) is 6.50. The molecule has 4 rings (SSSR count). The van der Waals surface area contributed by atoms with Gasteiger partial charge in [-0.15, -0.1) is 11.3 Å². The van der Waals surface area contributed by atoms with Crippen LogP contribution in [0.5, 0.6) is 0 Å². The van der Waals surface area contributed by atoms with E-state index in [4.69, 9.17) is 0 Å². The average Bonchev–Trinajstić information content (AvgIpc) is 3.16. The number of nitrogens with one attached hydrogen (secondary N) is 2. The van der Waals surface area contributed by atoms with Crippen molar-refractivity contribution >= 4 is 32.4 Å². The van der Waals surface area contributed by atoms with E-state index in [1.807, 2.05) is 37.3 Å². The first kappa shape index (κ1) is 21.7. The number of fused-ring (bicyclic) bond motifs is 1. The number of carbonyl (C=O) groups is 1. The highest BCUT2D eigenvalue weighted by molar-refractivity contribution is 7.89. The van der Waals surface area contributed by atoms with Gasteiger partial charge in [0.05, 0.1) is 16.6 Å². The largest absolute Gasteiger partial charge is 0.302 e. The number of nitrogens with zero attached hydrogens (tertiary/aromatic N) is 1. The molecule has 0 saturated heterocycles. The molecular formula is C23H25N3O3S2. The number of rotatable bonds is 7. The van der Waals surface area contributed by atoms with Crippen molar-refractivity contribution in [3.8, 4) is 0 Å². The lowest BCUT2D eigenvalue weighted by Gasteiger charge is -2.19. The molecule has 8 heteroatoms. The topological polar surface area (TPSA) is 88.2 Å². The maximum absolute atomic E-state index is 12.9. The summed E-state index contributed by atoms with van der Waals surface area (Å²) in [5.74, 6) is -0.272. The van der Waals surface area contributed by atoms with E-state index in [0.29, 0.717) is 5.13 Å². The van der Waals surface area contributed by atoms with Crippen molar-refractivity contribution in [3.05, 3.63) is 76.3 Å².